The first kappa shape index (κ1) is 21.4. The lowest BCUT2D eigenvalue weighted by atomic mass is 9.88. The second kappa shape index (κ2) is 9.98. The van der Waals surface area contributed by atoms with Gasteiger partial charge in [0.05, 0.1) is 11.4 Å². The first-order chi connectivity index (χ1) is 14.6. The van der Waals surface area contributed by atoms with Crippen LogP contribution in [0.1, 0.15) is 43.8 Å². The van der Waals surface area contributed by atoms with E-state index in [-0.39, 0.29) is 11.7 Å². The average molecular weight is 506 g/mol. The van der Waals surface area contributed by atoms with E-state index in [2.05, 4.69) is 48.1 Å². The molecule has 1 amide bonds. The van der Waals surface area contributed by atoms with Gasteiger partial charge in [-0.25, -0.2) is 0 Å². The van der Waals surface area contributed by atoms with Crippen LogP contribution in [-0.2, 0) is 4.79 Å². The fraction of sp³-hybridized carbons (Fsp3) is 0.318. The van der Waals surface area contributed by atoms with Crippen molar-refractivity contribution in [1.29, 1.82) is 0 Å². The lowest BCUT2D eigenvalue weighted by Crippen LogP contribution is -2.15. The molecule has 3 aromatic rings. The maximum Gasteiger partial charge on any atom is 0.234 e. The van der Waals surface area contributed by atoms with Gasteiger partial charge >= 0.3 is 0 Å². The average Bonchev–Trinajstić information content (AvgIpc) is 3.19. The van der Waals surface area contributed by atoms with Crippen molar-refractivity contribution >= 4 is 50.9 Å². The SMILES string of the molecule is O=C(CSc1nnc(C2CCCCC2)n1-c1cccc(Br)c1)Nc1ccc(Cl)cc1. The van der Waals surface area contributed by atoms with E-state index in [9.17, 15) is 4.79 Å². The first-order valence-electron chi connectivity index (χ1n) is 9.99. The van der Waals surface area contributed by atoms with Gasteiger partial charge in [0.1, 0.15) is 5.82 Å². The molecule has 0 saturated heterocycles. The van der Waals surface area contributed by atoms with Gasteiger partial charge in [0, 0.05) is 21.1 Å². The Labute approximate surface area is 193 Å². The number of nitrogens with zero attached hydrogens (tertiary/aromatic N) is 3. The van der Waals surface area contributed by atoms with Crippen molar-refractivity contribution in [2.24, 2.45) is 0 Å². The second-order valence-electron chi connectivity index (χ2n) is 7.33. The summed E-state index contributed by atoms with van der Waals surface area (Å²) in [6, 6.07) is 15.2. The van der Waals surface area contributed by atoms with Gasteiger partial charge in [-0.2, -0.15) is 0 Å². The molecule has 0 aliphatic heterocycles. The number of nitrogens with one attached hydrogen (secondary N) is 1. The van der Waals surface area contributed by atoms with Gasteiger partial charge < -0.3 is 5.32 Å². The number of amides is 1. The zero-order valence-electron chi connectivity index (χ0n) is 16.4. The standard InChI is InChI=1S/C22H22BrClN4OS/c23-16-7-4-8-19(13-16)28-21(15-5-2-1-3-6-15)26-27-22(28)30-14-20(29)25-18-11-9-17(24)10-12-18/h4,7-13,15H,1-3,5-6,14H2,(H,25,29). The highest BCUT2D eigenvalue weighted by molar-refractivity contribution is 9.10. The lowest BCUT2D eigenvalue weighted by Gasteiger charge is -2.22. The fourth-order valence-electron chi connectivity index (χ4n) is 3.72. The summed E-state index contributed by atoms with van der Waals surface area (Å²) in [5.41, 5.74) is 1.73. The Kier molecular flexibility index (Phi) is 7.12. The topological polar surface area (TPSA) is 59.8 Å². The molecule has 2 aromatic carbocycles. The minimum absolute atomic E-state index is 0.0923. The van der Waals surface area contributed by atoms with E-state index in [1.54, 1.807) is 24.3 Å². The van der Waals surface area contributed by atoms with Crippen LogP contribution in [0.5, 0.6) is 0 Å². The first-order valence-corrected chi connectivity index (χ1v) is 12.2. The quantitative estimate of drug-likeness (QED) is 0.390. The summed E-state index contributed by atoms with van der Waals surface area (Å²) in [4.78, 5) is 12.5. The fourth-order valence-corrected chi connectivity index (χ4v) is 4.99. The van der Waals surface area contributed by atoms with Crippen molar-refractivity contribution in [1.82, 2.24) is 14.8 Å². The van der Waals surface area contributed by atoms with Gasteiger partial charge in [-0.05, 0) is 55.3 Å². The zero-order valence-corrected chi connectivity index (χ0v) is 19.5. The van der Waals surface area contributed by atoms with Crippen molar-refractivity contribution in [2.45, 2.75) is 43.2 Å². The summed E-state index contributed by atoms with van der Waals surface area (Å²) in [7, 11) is 0. The highest BCUT2D eigenvalue weighted by atomic mass is 79.9. The number of aromatic nitrogens is 3. The maximum atomic E-state index is 12.5. The molecule has 1 aromatic heterocycles. The molecular weight excluding hydrogens is 484 g/mol. The number of carbonyl (C=O) groups is 1. The van der Waals surface area contributed by atoms with Crippen molar-refractivity contribution in [3.63, 3.8) is 0 Å². The van der Waals surface area contributed by atoms with Crippen LogP contribution in [-0.4, -0.2) is 26.4 Å². The van der Waals surface area contributed by atoms with Crippen LogP contribution in [0.15, 0.2) is 58.2 Å². The Balaban J connectivity index is 1.54. The molecule has 5 nitrogen and oxygen atoms in total. The van der Waals surface area contributed by atoms with Crippen LogP contribution < -0.4 is 5.32 Å². The van der Waals surface area contributed by atoms with Gasteiger partial charge in [-0.15, -0.1) is 10.2 Å². The lowest BCUT2D eigenvalue weighted by molar-refractivity contribution is -0.113. The van der Waals surface area contributed by atoms with Crippen molar-refractivity contribution in [2.75, 3.05) is 11.1 Å². The molecule has 0 atom stereocenters. The monoisotopic (exact) mass is 504 g/mol. The highest BCUT2D eigenvalue weighted by Crippen LogP contribution is 2.35. The number of halogens is 2. The zero-order chi connectivity index (χ0) is 20.9. The number of benzene rings is 2. The molecule has 0 bridgehead atoms. The van der Waals surface area contributed by atoms with Crippen molar-refractivity contribution < 1.29 is 4.79 Å². The summed E-state index contributed by atoms with van der Waals surface area (Å²) in [5.74, 6) is 1.56. The van der Waals surface area contributed by atoms with Gasteiger partial charge in [0.15, 0.2) is 5.16 Å². The molecule has 0 spiro atoms. The summed E-state index contributed by atoms with van der Waals surface area (Å²) < 4.78 is 3.11. The van der Waals surface area contributed by atoms with E-state index in [0.717, 1.165) is 39.7 Å². The van der Waals surface area contributed by atoms with Crippen molar-refractivity contribution in [3.8, 4) is 5.69 Å². The van der Waals surface area contributed by atoms with E-state index in [1.165, 1.54) is 31.0 Å². The van der Waals surface area contributed by atoms with E-state index in [1.807, 2.05) is 12.1 Å². The molecule has 30 heavy (non-hydrogen) atoms. The van der Waals surface area contributed by atoms with Crippen LogP contribution in [0, 0.1) is 0 Å². The summed E-state index contributed by atoms with van der Waals surface area (Å²) >= 11 is 10.9. The molecule has 1 aliphatic carbocycles. The van der Waals surface area contributed by atoms with Crippen LogP contribution in [0.3, 0.4) is 0 Å². The molecule has 1 saturated carbocycles. The van der Waals surface area contributed by atoms with Crippen LogP contribution >= 0.6 is 39.3 Å². The number of thioether (sulfide) groups is 1. The van der Waals surface area contributed by atoms with E-state index < -0.39 is 0 Å². The smallest absolute Gasteiger partial charge is 0.234 e. The minimum atomic E-state index is -0.0923. The molecule has 156 valence electrons. The number of anilines is 1. The van der Waals surface area contributed by atoms with Gasteiger partial charge in [0.2, 0.25) is 5.91 Å². The molecule has 1 fully saturated rings. The Morgan fingerprint density at radius 2 is 1.90 bits per heavy atom. The molecule has 1 heterocycles. The maximum absolute atomic E-state index is 12.5. The molecule has 0 unspecified atom stereocenters. The summed E-state index contributed by atoms with van der Waals surface area (Å²) in [6.45, 7) is 0. The Bertz CT molecular complexity index is 1020. The van der Waals surface area contributed by atoms with Crippen molar-refractivity contribution in [3.05, 3.63) is 63.9 Å². The summed E-state index contributed by atoms with van der Waals surface area (Å²) in [6.07, 6.45) is 6.00. The molecule has 1 N–H and O–H groups in total. The second-order valence-corrected chi connectivity index (χ2v) is 9.63. The van der Waals surface area contributed by atoms with E-state index in [0.29, 0.717) is 10.9 Å². The third-order valence-electron chi connectivity index (χ3n) is 5.16. The third-order valence-corrected chi connectivity index (χ3v) is 6.83. The van der Waals surface area contributed by atoms with Gasteiger partial charge in [-0.1, -0.05) is 64.6 Å². The third kappa shape index (κ3) is 5.25. The normalized spacial score (nSPS) is 14.6. The Morgan fingerprint density at radius 1 is 1.13 bits per heavy atom. The predicted molar refractivity (Wildman–Crippen MR) is 126 cm³/mol. The minimum Gasteiger partial charge on any atom is -0.325 e. The van der Waals surface area contributed by atoms with Gasteiger partial charge in [-0.3, -0.25) is 9.36 Å². The molecule has 4 rings (SSSR count). The summed E-state index contributed by atoms with van der Waals surface area (Å²) in [5, 5.41) is 13.3. The van der Waals surface area contributed by atoms with Crippen LogP contribution in [0.25, 0.3) is 5.69 Å². The number of rotatable bonds is 6. The number of hydrogen-bond donors (Lipinski definition) is 1. The largest absolute Gasteiger partial charge is 0.325 e. The Hall–Kier alpha value is -1.83. The van der Waals surface area contributed by atoms with Crippen LogP contribution in [0.4, 0.5) is 5.69 Å². The molecule has 0 radical (unpaired) electrons. The number of carbonyl (C=O) groups excluding carboxylic acids is 1. The Morgan fingerprint density at radius 3 is 2.63 bits per heavy atom. The van der Waals surface area contributed by atoms with Gasteiger partial charge in [0.25, 0.3) is 0 Å². The molecule has 8 heteroatoms. The molecular formula is C22H22BrClN4OS. The van der Waals surface area contributed by atoms with Crippen LogP contribution in [0.2, 0.25) is 5.02 Å². The highest BCUT2D eigenvalue weighted by Gasteiger charge is 2.24. The number of hydrogen-bond acceptors (Lipinski definition) is 4. The van der Waals surface area contributed by atoms with E-state index in [4.69, 9.17) is 11.6 Å². The molecule has 1 aliphatic rings. The van der Waals surface area contributed by atoms with E-state index >= 15 is 0 Å². The predicted octanol–water partition coefficient (Wildman–Crippen LogP) is 6.46.